The zero-order valence-corrected chi connectivity index (χ0v) is 14.7. The zero-order chi connectivity index (χ0) is 18.2. The fraction of sp³-hybridized carbons (Fsp3) is 0.300. The van der Waals surface area contributed by atoms with E-state index in [1.165, 1.54) is 5.56 Å². The van der Waals surface area contributed by atoms with Gasteiger partial charge in [0.2, 0.25) is 5.91 Å². The van der Waals surface area contributed by atoms with Gasteiger partial charge >= 0.3 is 6.03 Å². The number of para-hydroxylation sites is 1. The summed E-state index contributed by atoms with van der Waals surface area (Å²) >= 11 is 0. The molecule has 1 unspecified atom stereocenters. The highest BCUT2D eigenvalue weighted by Crippen LogP contribution is 2.41. The number of urea groups is 1. The van der Waals surface area contributed by atoms with Crippen molar-refractivity contribution in [2.24, 2.45) is 5.73 Å². The molecule has 0 bridgehead atoms. The Morgan fingerprint density at radius 3 is 2.48 bits per heavy atom. The van der Waals surface area contributed by atoms with Crippen molar-refractivity contribution in [2.75, 3.05) is 11.9 Å². The molecule has 5 heteroatoms. The van der Waals surface area contributed by atoms with Gasteiger partial charge in [0, 0.05) is 18.9 Å². The molecular weight excluding hydrogens is 314 g/mol. The van der Waals surface area contributed by atoms with Crippen molar-refractivity contribution in [1.82, 2.24) is 5.32 Å². The number of nitrogens with two attached hydrogens (primary N) is 1. The number of nitrogens with one attached hydrogen (secondary N) is 1. The SMILES string of the molecule is CN1C(=O)C(NC(N)=O)Cc2cccc(C(C)(C)c3ccccc3)c21. The van der Waals surface area contributed by atoms with Gasteiger partial charge in [0.15, 0.2) is 0 Å². The second kappa shape index (κ2) is 6.24. The van der Waals surface area contributed by atoms with E-state index in [2.05, 4.69) is 37.4 Å². The number of likely N-dealkylation sites (N-methyl/N-ethyl adjacent to an activating group) is 1. The van der Waals surface area contributed by atoms with Crippen molar-refractivity contribution in [3.05, 3.63) is 65.2 Å². The first kappa shape index (κ1) is 17.0. The molecule has 5 nitrogen and oxygen atoms in total. The van der Waals surface area contributed by atoms with Gasteiger partial charge in [-0.3, -0.25) is 4.79 Å². The Bertz CT molecular complexity index is 815. The lowest BCUT2D eigenvalue weighted by molar-refractivity contribution is -0.120. The quantitative estimate of drug-likeness (QED) is 0.903. The summed E-state index contributed by atoms with van der Waals surface area (Å²) in [7, 11) is 1.75. The number of fused-ring (bicyclic) bond motifs is 1. The standard InChI is InChI=1S/C20H23N3O2/c1-20(2,14-9-5-4-6-10-14)15-11-7-8-13-12-16(22-19(21)25)18(24)23(3)17(13)15/h4-11,16H,12H2,1-3H3,(H3,21,22,25). The normalized spacial score (nSPS) is 17.2. The van der Waals surface area contributed by atoms with Crippen LogP contribution < -0.4 is 16.0 Å². The molecule has 1 atom stereocenters. The van der Waals surface area contributed by atoms with Gasteiger partial charge in [0.1, 0.15) is 6.04 Å². The van der Waals surface area contributed by atoms with Gasteiger partial charge in [-0.2, -0.15) is 0 Å². The van der Waals surface area contributed by atoms with Crippen LogP contribution in [0.4, 0.5) is 10.5 Å². The molecule has 0 radical (unpaired) electrons. The molecule has 0 spiro atoms. The molecule has 25 heavy (non-hydrogen) atoms. The lowest BCUT2D eigenvalue weighted by Crippen LogP contribution is -2.53. The van der Waals surface area contributed by atoms with Crippen LogP contribution in [0.3, 0.4) is 0 Å². The minimum absolute atomic E-state index is 0.150. The Balaban J connectivity index is 2.09. The lowest BCUT2D eigenvalue weighted by Gasteiger charge is -2.37. The second-order valence-corrected chi connectivity index (χ2v) is 6.97. The molecule has 130 valence electrons. The molecule has 0 aromatic heterocycles. The highest BCUT2D eigenvalue weighted by Gasteiger charge is 2.36. The van der Waals surface area contributed by atoms with Crippen molar-refractivity contribution in [3.8, 4) is 0 Å². The van der Waals surface area contributed by atoms with Gasteiger partial charge in [-0.25, -0.2) is 4.79 Å². The van der Waals surface area contributed by atoms with Crippen molar-refractivity contribution in [1.29, 1.82) is 0 Å². The fourth-order valence-electron chi connectivity index (χ4n) is 3.60. The van der Waals surface area contributed by atoms with E-state index in [0.29, 0.717) is 6.42 Å². The summed E-state index contributed by atoms with van der Waals surface area (Å²) in [5.74, 6) is -0.150. The van der Waals surface area contributed by atoms with Gasteiger partial charge in [0.05, 0.1) is 5.69 Å². The lowest BCUT2D eigenvalue weighted by atomic mass is 9.75. The number of rotatable bonds is 3. The highest BCUT2D eigenvalue weighted by molar-refractivity contribution is 6.02. The molecule has 0 saturated carbocycles. The Morgan fingerprint density at radius 2 is 1.84 bits per heavy atom. The predicted octanol–water partition coefficient (Wildman–Crippen LogP) is 2.57. The number of hydrogen-bond acceptors (Lipinski definition) is 2. The van der Waals surface area contributed by atoms with Crippen molar-refractivity contribution in [2.45, 2.75) is 31.7 Å². The molecule has 1 aliphatic rings. The van der Waals surface area contributed by atoms with E-state index in [0.717, 1.165) is 16.8 Å². The number of nitrogens with zero attached hydrogens (tertiary/aromatic N) is 1. The monoisotopic (exact) mass is 337 g/mol. The topological polar surface area (TPSA) is 75.4 Å². The number of hydrogen-bond donors (Lipinski definition) is 2. The smallest absolute Gasteiger partial charge is 0.312 e. The van der Waals surface area contributed by atoms with Gasteiger partial charge in [-0.1, -0.05) is 62.4 Å². The average molecular weight is 337 g/mol. The number of benzene rings is 2. The second-order valence-electron chi connectivity index (χ2n) is 6.97. The predicted molar refractivity (Wildman–Crippen MR) is 98.6 cm³/mol. The summed E-state index contributed by atoms with van der Waals surface area (Å²) in [5, 5.41) is 2.54. The van der Waals surface area contributed by atoms with E-state index in [4.69, 9.17) is 5.73 Å². The molecule has 0 aliphatic carbocycles. The number of anilines is 1. The van der Waals surface area contributed by atoms with Gasteiger partial charge in [0.25, 0.3) is 0 Å². The van der Waals surface area contributed by atoms with E-state index < -0.39 is 12.1 Å². The molecule has 0 fully saturated rings. The summed E-state index contributed by atoms with van der Waals surface area (Å²) in [6.45, 7) is 4.31. The maximum Gasteiger partial charge on any atom is 0.312 e. The fourth-order valence-corrected chi connectivity index (χ4v) is 3.60. The van der Waals surface area contributed by atoms with Crippen LogP contribution in [-0.2, 0) is 16.6 Å². The van der Waals surface area contributed by atoms with Crippen LogP contribution in [0.5, 0.6) is 0 Å². The summed E-state index contributed by atoms with van der Waals surface area (Å²) in [4.78, 5) is 25.5. The molecule has 3 N–H and O–H groups in total. The van der Waals surface area contributed by atoms with E-state index in [9.17, 15) is 9.59 Å². The number of carbonyl (C=O) groups is 2. The first-order valence-electron chi connectivity index (χ1n) is 8.34. The van der Waals surface area contributed by atoms with E-state index in [1.807, 2.05) is 30.3 Å². The van der Waals surface area contributed by atoms with E-state index >= 15 is 0 Å². The molecule has 1 heterocycles. The Labute approximate surface area is 147 Å². The summed E-state index contributed by atoms with van der Waals surface area (Å²) in [6.07, 6.45) is 0.445. The third kappa shape index (κ3) is 2.97. The van der Waals surface area contributed by atoms with Crippen LogP contribution in [0.2, 0.25) is 0 Å². The Kier molecular flexibility index (Phi) is 4.25. The van der Waals surface area contributed by atoms with Gasteiger partial charge < -0.3 is 16.0 Å². The number of primary amides is 1. The van der Waals surface area contributed by atoms with Crippen molar-refractivity contribution < 1.29 is 9.59 Å². The number of amides is 3. The Hall–Kier alpha value is -2.82. The third-order valence-corrected chi connectivity index (χ3v) is 4.99. The van der Waals surface area contributed by atoms with Gasteiger partial charge in [-0.15, -0.1) is 0 Å². The Morgan fingerprint density at radius 1 is 1.16 bits per heavy atom. The summed E-state index contributed by atoms with van der Waals surface area (Å²) in [6, 6.07) is 15.0. The zero-order valence-electron chi connectivity index (χ0n) is 14.7. The summed E-state index contributed by atoms with van der Waals surface area (Å²) < 4.78 is 0. The first-order valence-corrected chi connectivity index (χ1v) is 8.34. The third-order valence-electron chi connectivity index (χ3n) is 4.99. The van der Waals surface area contributed by atoms with Crippen LogP contribution in [-0.4, -0.2) is 25.0 Å². The maximum atomic E-state index is 12.7. The largest absolute Gasteiger partial charge is 0.352 e. The van der Waals surface area contributed by atoms with Crippen LogP contribution >= 0.6 is 0 Å². The molecular formula is C20H23N3O2. The molecule has 1 aliphatic heterocycles. The number of carbonyl (C=O) groups excluding carboxylic acids is 2. The van der Waals surface area contributed by atoms with Crippen LogP contribution in [0, 0.1) is 0 Å². The molecule has 2 aromatic rings. The summed E-state index contributed by atoms with van der Waals surface area (Å²) in [5.41, 5.74) is 9.17. The van der Waals surface area contributed by atoms with Crippen molar-refractivity contribution in [3.63, 3.8) is 0 Å². The minimum atomic E-state index is -0.684. The first-order chi connectivity index (χ1) is 11.8. The van der Waals surface area contributed by atoms with Crippen LogP contribution in [0.15, 0.2) is 48.5 Å². The van der Waals surface area contributed by atoms with E-state index in [1.54, 1.807) is 11.9 Å². The van der Waals surface area contributed by atoms with Crippen LogP contribution in [0.25, 0.3) is 0 Å². The maximum absolute atomic E-state index is 12.7. The average Bonchev–Trinajstić information content (AvgIpc) is 2.59. The van der Waals surface area contributed by atoms with Crippen LogP contribution in [0.1, 0.15) is 30.5 Å². The molecule has 0 saturated heterocycles. The molecule has 3 rings (SSSR count). The molecule has 3 amide bonds. The highest BCUT2D eigenvalue weighted by atomic mass is 16.2. The van der Waals surface area contributed by atoms with Gasteiger partial charge in [-0.05, 0) is 16.7 Å². The van der Waals surface area contributed by atoms with E-state index in [-0.39, 0.29) is 11.3 Å². The van der Waals surface area contributed by atoms with Crippen molar-refractivity contribution >= 4 is 17.6 Å². The molecule has 2 aromatic carbocycles. The minimum Gasteiger partial charge on any atom is -0.352 e.